The van der Waals surface area contributed by atoms with Gasteiger partial charge in [0.2, 0.25) is 0 Å². The van der Waals surface area contributed by atoms with Gasteiger partial charge in [-0.25, -0.2) is 4.79 Å². The number of hydrogen-bond donors (Lipinski definition) is 1. The highest BCUT2D eigenvalue weighted by atomic mass is 16.5. The average Bonchev–Trinajstić information content (AvgIpc) is 2.54. The van der Waals surface area contributed by atoms with Crippen LogP contribution in [0.25, 0.3) is 0 Å². The predicted molar refractivity (Wildman–Crippen MR) is 86.0 cm³/mol. The first kappa shape index (κ1) is 17.5. The molecule has 0 spiro atoms. The molecule has 2 amide bonds. The Balaban J connectivity index is 1.71. The Hall–Kier alpha value is -0.850. The van der Waals surface area contributed by atoms with E-state index in [2.05, 4.69) is 17.1 Å². The topological polar surface area (TPSA) is 54.0 Å². The van der Waals surface area contributed by atoms with Crippen molar-refractivity contribution in [3.05, 3.63) is 0 Å². The van der Waals surface area contributed by atoms with Gasteiger partial charge in [-0.15, -0.1) is 0 Å². The van der Waals surface area contributed by atoms with Crippen LogP contribution in [0, 0.1) is 11.8 Å². The van der Waals surface area contributed by atoms with E-state index in [9.17, 15) is 4.79 Å². The number of carbonyl (C=O) groups is 1. The summed E-state index contributed by atoms with van der Waals surface area (Å²) < 4.78 is 10.5. The second kappa shape index (κ2) is 9.33. The van der Waals surface area contributed by atoms with Gasteiger partial charge in [0.25, 0.3) is 0 Å². The van der Waals surface area contributed by atoms with Gasteiger partial charge in [-0.05, 0) is 24.7 Å². The summed E-state index contributed by atoms with van der Waals surface area (Å²) in [6.45, 7) is 10.0. The molecule has 2 rings (SSSR count). The molecule has 0 bridgehead atoms. The highest BCUT2D eigenvalue weighted by Crippen LogP contribution is 2.18. The van der Waals surface area contributed by atoms with Crippen molar-refractivity contribution in [2.45, 2.75) is 19.8 Å². The predicted octanol–water partition coefficient (Wildman–Crippen LogP) is 1.02. The second-order valence-corrected chi connectivity index (χ2v) is 6.61. The first-order valence-electron chi connectivity index (χ1n) is 8.51. The first-order valence-corrected chi connectivity index (χ1v) is 8.51. The Morgan fingerprint density at radius 1 is 1.36 bits per heavy atom. The van der Waals surface area contributed by atoms with Gasteiger partial charge >= 0.3 is 6.03 Å². The zero-order chi connectivity index (χ0) is 15.8. The van der Waals surface area contributed by atoms with Crippen LogP contribution in [0.15, 0.2) is 0 Å². The molecule has 0 radical (unpaired) electrons. The molecule has 0 aliphatic carbocycles. The molecule has 2 saturated heterocycles. The third-order valence-electron chi connectivity index (χ3n) is 4.48. The quantitative estimate of drug-likeness (QED) is 0.795. The molecule has 6 nitrogen and oxygen atoms in total. The molecule has 2 fully saturated rings. The number of ether oxygens (including phenoxy) is 2. The number of likely N-dealkylation sites (tertiary alicyclic amines) is 1. The summed E-state index contributed by atoms with van der Waals surface area (Å²) >= 11 is 0. The summed E-state index contributed by atoms with van der Waals surface area (Å²) in [5.41, 5.74) is 0. The molecule has 2 aliphatic heterocycles. The van der Waals surface area contributed by atoms with E-state index in [0.717, 1.165) is 52.4 Å². The van der Waals surface area contributed by atoms with E-state index in [1.165, 1.54) is 6.42 Å². The van der Waals surface area contributed by atoms with E-state index < -0.39 is 0 Å². The number of morpholine rings is 1. The van der Waals surface area contributed by atoms with Crippen molar-refractivity contribution in [3.63, 3.8) is 0 Å². The van der Waals surface area contributed by atoms with Crippen molar-refractivity contribution in [2.24, 2.45) is 11.8 Å². The molecule has 2 atom stereocenters. The number of hydrogen-bond acceptors (Lipinski definition) is 4. The Morgan fingerprint density at radius 3 is 2.86 bits per heavy atom. The minimum absolute atomic E-state index is 0.0784. The van der Waals surface area contributed by atoms with Crippen LogP contribution in [-0.2, 0) is 9.47 Å². The van der Waals surface area contributed by atoms with Crippen LogP contribution in [0.2, 0.25) is 0 Å². The van der Waals surface area contributed by atoms with E-state index in [4.69, 9.17) is 9.47 Å². The highest BCUT2D eigenvalue weighted by Gasteiger charge is 2.25. The van der Waals surface area contributed by atoms with Crippen molar-refractivity contribution < 1.29 is 14.3 Å². The molecule has 1 N–H and O–H groups in total. The summed E-state index contributed by atoms with van der Waals surface area (Å²) in [6, 6.07) is 0.0784. The number of urea groups is 1. The number of rotatable bonds is 6. The standard InChI is InChI=1S/C16H31N3O3/c1-14(13-21-2)10-17-16(20)19-5-3-4-15(12-19)11-18-6-8-22-9-7-18/h14-15H,3-13H2,1-2H3,(H,17,20)/t14?,15-/m1/s1. The number of amides is 2. The fourth-order valence-electron chi connectivity index (χ4n) is 3.26. The van der Waals surface area contributed by atoms with Crippen LogP contribution in [0.5, 0.6) is 0 Å². The normalized spacial score (nSPS) is 25.0. The molecule has 6 heteroatoms. The summed E-state index contributed by atoms with van der Waals surface area (Å²) in [5.74, 6) is 0.942. The number of piperidine rings is 1. The van der Waals surface area contributed by atoms with Crippen LogP contribution in [0.1, 0.15) is 19.8 Å². The molecule has 2 heterocycles. The van der Waals surface area contributed by atoms with Crippen molar-refractivity contribution >= 4 is 6.03 Å². The van der Waals surface area contributed by atoms with Crippen molar-refractivity contribution in [1.29, 1.82) is 0 Å². The van der Waals surface area contributed by atoms with E-state index in [1.807, 2.05) is 4.90 Å². The smallest absolute Gasteiger partial charge is 0.317 e. The number of carbonyl (C=O) groups excluding carboxylic acids is 1. The molecule has 0 aromatic rings. The van der Waals surface area contributed by atoms with Crippen LogP contribution >= 0.6 is 0 Å². The van der Waals surface area contributed by atoms with Gasteiger partial charge < -0.3 is 19.7 Å². The van der Waals surface area contributed by atoms with Crippen LogP contribution in [0.3, 0.4) is 0 Å². The molecule has 0 aromatic heterocycles. The van der Waals surface area contributed by atoms with Crippen molar-refractivity contribution in [1.82, 2.24) is 15.1 Å². The highest BCUT2D eigenvalue weighted by molar-refractivity contribution is 5.74. The van der Waals surface area contributed by atoms with E-state index in [0.29, 0.717) is 25.0 Å². The summed E-state index contributed by atoms with van der Waals surface area (Å²) in [7, 11) is 1.69. The molecule has 22 heavy (non-hydrogen) atoms. The Bertz CT molecular complexity index is 335. The van der Waals surface area contributed by atoms with Gasteiger partial charge in [0, 0.05) is 46.4 Å². The van der Waals surface area contributed by atoms with Gasteiger partial charge in [-0.1, -0.05) is 6.92 Å². The Kier molecular flexibility index (Phi) is 7.42. The summed E-state index contributed by atoms with van der Waals surface area (Å²) in [5, 5.41) is 3.03. The lowest BCUT2D eigenvalue weighted by molar-refractivity contribution is 0.0248. The molecule has 0 saturated carbocycles. The van der Waals surface area contributed by atoms with Gasteiger partial charge in [0.05, 0.1) is 19.8 Å². The zero-order valence-electron chi connectivity index (χ0n) is 14.1. The zero-order valence-corrected chi connectivity index (χ0v) is 14.1. The lowest BCUT2D eigenvalue weighted by Gasteiger charge is -2.36. The SMILES string of the molecule is COCC(C)CNC(=O)N1CCC[C@H](CN2CCOCC2)C1. The molecule has 1 unspecified atom stereocenters. The first-order chi connectivity index (χ1) is 10.7. The van der Waals surface area contributed by atoms with E-state index in [-0.39, 0.29) is 6.03 Å². The van der Waals surface area contributed by atoms with Gasteiger partial charge in [0.15, 0.2) is 0 Å². The maximum Gasteiger partial charge on any atom is 0.317 e. The maximum absolute atomic E-state index is 12.3. The fourth-order valence-corrected chi connectivity index (χ4v) is 3.26. The molecule has 0 aromatic carbocycles. The second-order valence-electron chi connectivity index (χ2n) is 6.61. The maximum atomic E-state index is 12.3. The summed E-state index contributed by atoms with van der Waals surface area (Å²) in [4.78, 5) is 16.7. The molecular weight excluding hydrogens is 282 g/mol. The third kappa shape index (κ3) is 5.74. The summed E-state index contributed by atoms with van der Waals surface area (Å²) in [6.07, 6.45) is 2.33. The number of methoxy groups -OCH3 is 1. The third-order valence-corrected chi connectivity index (χ3v) is 4.48. The van der Waals surface area contributed by atoms with Crippen molar-refractivity contribution in [3.8, 4) is 0 Å². The van der Waals surface area contributed by atoms with Gasteiger partial charge in [-0.2, -0.15) is 0 Å². The van der Waals surface area contributed by atoms with Crippen LogP contribution in [0.4, 0.5) is 4.79 Å². The minimum atomic E-state index is 0.0784. The Labute approximate surface area is 134 Å². The lowest BCUT2D eigenvalue weighted by atomic mass is 9.97. The van der Waals surface area contributed by atoms with Gasteiger partial charge in [0.1, 0.15) is 0 Å². The molecule has 128 valence electrons. The molecule has 2 aliphatic rings. The van der Waals surface area contributed by atoms with Crippen LogP contribution in [-0.4, -0.2) is 82.0 Å². The fraction of sp³-hybridized carbons (Fsp3) is 0.938. The van der Waals surface area contributed by atoms with Crippen LogP contribution < -0.4 is 5.32 Å². The monoisotopic (exact) mass is 313 g/mol. The van der Waals surface area contributed by atoms with E-state index >= 15 is 0 Å². The lowest BCUT2D eigenvalue weighted by Crippen LogP contribution is -2.49. The van der Waals surface area contributed by atoms with Gasteiger partial charge in [-0.3, -0.25) is 4.90 Å². The average molecular weight is 313 g/mol. The van der Waals surface area contributed by atoms with E-state index in [1.54, 1.807) is 7.11 Å². The minimum Gasteiger partial charge on any atom is -0.384 e. The van der Waals surface area contributed by atoms with Crippen molar-refractivity contribution in [2.75, 3.05) is 66.2 Å². The molecular formula is C16H31N3O3. The largest absolute Gasteiger partial charge is 0.384 e. The Morgan fingerprint density at radius 2 is 2.14 bits per heavy atom. The number of nitrogens with one attached hydrogen (secondary N) is 1. The number of nitrogens with zero attached hydrogens (tertiary/aromatic N) is 2.